The molecule has 26 heavy (non-hydrogen) atoms. The van der Waals surface area contributed by atoms with E-state index in [0.717, 1.165) is 0 Å². The van der Waals surface area contributed by atoms with Gasteiger partial charge in [0, 0.05) is 0 Å². The molecule has 0 unspecified atom stereocenters. The largest absolute Gasteiger partial charge is 0.420 e. The predicted molar refractivity (Wildman–Crippen MR) is 76.0 cm³/mol. The van der Waals surface area contributed by atoms with Gasteiger partial charge in [0.25, 0.3) is 0 Å². The van der Waals surface area contributed by atoms with Gasteiger partial charge in [-0.1, -0.05) is 0 Å². The smallest absolute Gasteiger partial charge is 0.313 e. The van der Waals surface area contributed by atoms with E-state index >= 15 is 0 Å². The highest BCUT2D eigenvalue weighted by Gasteiger charge is 2.28. The Morgan fingerprint density at radius 1 is 0.692 bits per heavy atom. The molecule has 1 rings (SSSR count). The monoisotopic (exact) mass is 388 g/mol. The van der Waals surface area contributed by atoms with Crippen molar-refractivity contribution in [3.63, 3.8) is 0 Å². The summed E-state index contributed by atoms with van der Waals surface area (Å²) in [6.07, 6.45) is -0.473. The van der Waals surface area contributed by atoms with Crippen molar-refractivity contribution in [2.24, 2.45) is 0 Å². The SMILES string of the molecule is O=C(CCOCCOCCOCCO)Oc1c(F)c(F)c(F)c(F)c1F. The Kier molecular flexibility index (Phi) is 10.0. The number of carbonyl (C=O) groups is 1. The molecule has 0 atom stereocenters. The summed E-state index contributed by atoms with van der Waals surface area (Å²) in [5, 5.41) is 8.45. The minimum Gasteiger partial charge on any atom is -0.420 e. The molecular weight excluding hydrogens is 371 g/mol. The van der Waals surface area contributed by atoms with E-state index in [4.69, 9.17) is 19.3 Å². The zero-order valence-corrected chi connectivity index (χ0v) is 13.5. The van der Waals surface area contributed by atoms with E-state index in [0.29, 0.717) is 0 Å². The molecule has 0 aromatic heterocycles. The molecule has 11 heteroatoms. The van der Waals surface area contributed by atoms with E-state index in [9.17, 15) is 26.7 Å². The van der Waals surface area contributed by atoms with Crippen molar-refractivity contribution >= 4 is 5.97 Å². The standard InChI is InChI=1S/C15H17F5O6/c16-10-11(17)13(19)15(14(20)12(10)18)26-9(22)1-3-23-5-7-25-8-6-24-4-2-21/h21H,1-8H2. The van der Waals surface area contributed by atoms with Gasteiger partial charge in [-0.05, 0) is 0 Å². The number of hydrogen-bond donors (Lipinski definition) is 1. The van der Waals surface area contributed by atoms with Gasteiger partial charge in [0.2, 0.25) is 34.8 Å². The van der Waals surface area contributed by atoms with Crippen LogP contribution in [0, 0.1) is 29.1 Å². The van der Waals surface area contributed by atoms with E-state index in [1.54, 1.807) is 0 Å². The first-order valence-corrected chi connectivity index (χ1v) is 7.46. The first-order valence-electron chi connectivity index (χ1n) is 7.46. The molecular formula is C15H17F5O6. The fraction of sp³-hybridized carbons (Fsp3) is 0.533. The Morgan fingerprint density at radius 3 is 1.62 bits per heavy atom. The summed E-state index contributed by atoms with van der Waals surface area (Å²) in [6, 6.07) is 0. The number of carbonyl (C=O) groups excluding carboxylic acids is 1. The van der Waals surface area contributed by atoms with E-state index in [1.165, 1.54) is 0 Å². The zero-order valence-electron chi connectivity index (χ0n) is 13.5. The van der Waals surface area contributed by atoms with Crippen LogP contribution >= 0.6 is 0 Å². The number of ether oxygens (including phenoxy) is 4. The third kappa shape index (κ3) is 6.83. The van der Waals surface area contributed by atoms with Crippen LogP contribution in [0.3, 0.4) is 0 Å². The molecule has 0 bridgehead atoms. The lowest BCUT2D eigenvalue weighted by atomic mass is 10.2. The highest BCUT2D eigenvalue weighted by molar-refractivity contribution is 5.72. The highest BCUT2D eigenvalue weighted by atomic mass is 19.2. The molecule has 1 N–H and O–H groups in total. The van der Waals surface area contributed by atoms with Crippen LogP contribution in [-0.2, 0) is 19.0 Å². The Balaban J connectivity index is 2.28. The third-order valence-electron chi connectivity index (χ3n) is 2.82. The van der Waals surface area contributed by atoms with Crippen LogP contribution in [0.1, 0.15) is 6.42 Å². The van der Waals surface area contributed by atoms with Crippen molar-refractivity contribution in [1.29, 1.82) is 0 Å². The number of rotatable bonds is 12. The summed E-state index contributed by atoms with van der Waals surface area (Å²) in [6.45, 7) is 0.721. The van der Waals surface area contributed by atoms with Crippen LogP contribution in [0.4, 0.5) is 22.0 Å². The summed E-state index contributed by atoms with van der Waals surface area (Å²) in [5.74, 6) is -14.1. The molecule has 0 aliphatic heterocycles. The van der Waals surface area contributed by atoms with Gasteiger partial charge in [0.05, 0.1) is 52.7 Å². The first-order chi connectivity index (χ1) is 12.4. The average Bonchev–Trinajstić information content (AvgIpc) is 2.63. The molecule has 0 heterocycles. The summed E-state index contributed by atoms with van der Waals surface area (Å²) in [5.41, 5.74) is 0. The Labute approximate surface area is 145 Å². The third-order valence-corrected chi connectivity index (χ3v) is 2.82. The number of aliphatic hydroxyl groups is 1. The molecule has 0 fully saturated rings. The van der Waals surface area contributed by atoms with Crippen LogP contribution in [0.25, 0.3) is 0 Å². The van der Waals surface area contributed by atoms with Gasteiger partial charge in [-0.3, -0.25) is 4.79 Å². The average molecular weight is 388 g/mol. The van der Waals surface area contributed by atoms with Gasteiger partial charge < -0.3 is 24.1 Å². The summed E-state index contributed by atoms with van der Waals surface area (Å²) in [4.78, 5) is 11.4. The number of aliphatic hydroxyl groups excluding tert-OH is 1. The second-order valence-electron chi connectivity index (χ2n) is 4.68. The van der Waals surface area contributed by atoms with Gasteiger partial charge in [-0.25, -0.2) is 13.2 Å². The van der Waals surface area contributed by atoms with Crippen molar-refractivity contribution in [2.45, 2.75) is 6.42 Å². The molecule has 0 aliphatic rings. The second-order valence-corrected chi connectivity index (χ2v) is 4.68. The lowest BCUT2D eigenvalue weighted by Crippen LogP contribution is -2.16. The topological polar surface area (TPSA) is 74.2 Å². The van der Waals surface area contributed by atoms with E-state index in [2.05, 4.69) is 4.74 Å². The molecule has 0 amide bonds. The number of hydrogen-bond acceptors (Lipinski definition) is 6. The Hall–Kier alpha value is -1.82. The van der Waals surface area contributed by atoms with E-state index in [1.807, 2.05) is 0 Å². The number of esters is 1. The Morgan fingerprint density at radius 2 is 1.12 bits per heavy atom. The molecule has 0 radical (unpaired) electrons. The van der Waals surface area contributed by atoms with E-state index in [-0.39, 0.29) is 46.2 Å². The van der Waals surface area contributed by atoms with Gasteiger partial charge in [-0.15, -0.1) is 0 Å². The molecule has 1 aromatic rings. The second kappa shape index (κ2) is 11.7. The van der Waals surface area contributed by atoms with Crippen molar-refractivity contribution in [3.8, 4) is 5.75 Å². The fourth-order valence-electron chi connectivity index (χ4n) is 1.60. The van der Waals surface area contributed by atoms with Gasteiger partial charge in [0.15, 0.2) is 0 Å². The van der Waals surface area contributed by atoms with Crippen LogP contribution in [0.15, 0.2) is 0 Å². The molecule has 0 saturated heterocycles. The maximum absolute atomic E-state index is 13.3. The predicted octanol–water partition coefficient (Wildman–Crippen LogP) is 1.72. The molecule has 148 valence electrons. The number of benzene rings is 1. The van der Waals surface area contributed by atoms with Crippen molar-refractivity contribution in [2.75, 3.05) is 46.2 Å². The minimum atomic E-state index is -2.34. The maximum Gasteiger partial charge on any atom is 0.313 e. The van der Waals surface area contributed by atoms with Crippen molar-refractivity contribution < 1.29 is 50.8 Å². The molecule has 0 aliphatic carbocycles. The fourth-order valence-corrected chi connectivity index (χ4v) is 1.60. The molecule has 0 saturated carbocycles. The highest BCUT2D eigenvalue weighted by Crippen LogP contribution is 2.29. The minimum absolute atomic E-state index is 0.0930. The molecule has 0 spiro atoms. The summed E-state index contributed by atoms with van der Waals surface area (Å²) in [7, 11) is 0. The Bertz CT molecular complexity index is 569. The summed E-state index contributed by atoms with van der Waals surface area (Å²) >= 11 is 0. The van der Waals surface area contributed by atoms with Gasteiger partial charge in [0.1, 0.15) is 0 Å². The van der Waals surface area contributed by atoms with Crippen LogP contribution in [0.5, 0.6) is 5.75 Å². The molecule has 1 aromatic carbocycles. The van der Waals surface area contributed by atoms with Crippen LogP contribution in [0.2, 0.25) is 0 Å². The summed E-state index contributed by atoms with van der Waals surface area (Å²) < 4.78 is 84.6. The van der Waals surface area contributed by atoms with Gasteiger partial charge >= 0.3 is 5.97 Å². The van der Waals surface area contributed by atoms with Crippen LogP contribution in [-0.4, -0.2) is 57.3 Å². The van der Waals surface area contributed by atoms with Crippen molar-refractivity contribution in [3.05, 3.63) is 29.1 Å². The zero-order chi connectivity index (χ0) is 19.5. The van der Waals surface area contributed by atoms with Gasteiger partial charge in [-0.2, -0.15) is 8.78 Å². The van der Waals surface area contributed by atoms with E-state index < -0.39 is 47.2 Å². The first kappa shape index (κ1) is 22.2. The quantitative estimate of drug-likeness (QED) is 0.147. The van der Waals surface area contributed by atoms with Crippen LogP contribution < -0.4 is 4.74 Å². The normalized spacial score (nSPS) is 11.0. The molecule has 6 nitrogen and oxygen atoms in total. The number of halogens is 5. The van der Waals surface area contributed by atoms with Crippen molar-refractivity contribution in [1.82, 2.24) is 0 Å². The maximum atomic E-state index is 13.3. The lowest BCUT2D eigenvalue weighted by molar-refractivity contribution is -0.136. The lowest BCUT2D eigenvalue weighted by Gasteiger charge is -2.09.